The Balaban J connectivity index is 1.83. The second-order valence-electron chi connectivity index (χ2n) is 6.81. The summed E-state index contributed by atoms with van der Waals surface area (Å²) in [5.41, 5.74) is 6.16. The highest BCUT2D eigenvalue weighted by Gasteiger charge is 2.29. The molecular formula is C21H23N5O2S. The minimum absolute atomic E-state index is 0.0890. The Morgan fingerprint density at radius 2 is 1.90 bits per heavy atom. The molecule has 3 rings (SSSR count). The van der Waals surface area contributed by atoms with Crippen LogP contribution in [-0.2, 0) is 4.79 Å². The van der Waals surface area contributed by atoms with Crippen LogP contribution in [0.2, 0.25) is 0 Å². The first-order valence-electron chi connectivity index (χ1n) is 9.04. The number of anilines is 1. The molecule has 1 atom stereocenters. The first kappa shape index (κ1) is 20.3. The van der Waals surface area contributed by atoms with Crippen LogP contribution in [0.3, 0.4) is 0 Å². The summed E-state index contributed by atoms with van der Waals surface area (Å²) in [5.74, 6) is -0.274. The molecule has 0 aromatic heterocycles. The number of hydrogen-bond acceptors (Lipinski definition) is 5. The van der Waals surface area contributed by atoms with Gasteiger partial charge in [-0.25, -0.2) is 5.43 Å². The van der Waals surface area contributed by atoms with Crippen LogP contribution in [0, 0.1) is 0 Å². The van der Waals surface area contributed by atoms with Crippen molar-refractivity contribution in [2.24, 2.45) is 5.10 Å². The highest BCUT2D eigenvalue weighted by molar-refractivity contribution is 7.80. The molecule has 0 bridgehead atoms. The predicted octanol–water partition coefficient (Wildman–Crippen LogP) is 2.40. The van der Waals surface area contributed by atoms with Gasteiger partial charge in [-0.15, -0.1) is 0 Å². The maximum Gasteiger partial charge on any atom is 0.271 e. The predicted molar refractivity (Wildman–Crippen MR) is 119 cm³/mol. The number of thiocarbonyl (C=S) groups is 1. The van der Waals surface area contributed by atoms with E-state index in [-0.39, 0.29) is 11.7 Å². The third-order valence-electron chi connectivity index (χ3n) is 4.56. The maximum atomic E-state index is 12.9. The molecule has 0 aliphatic carbocycles. The summed E-state index contributed by atoms with van der Waals surface area (Å²) in [6.07, 6.45) is 1.40. The Morgan fingerprint density at radius 3 is 2.55 bits per heavy atom. The molecule has 1 amide bonds. The Bertz CT molecular complexity index is 983. The van der Waals surface area contributed by atoms with E-state index in [1.807, 2.05) is 43.3 Å². The average molecular weight is 410 g/mol. The van der Waals surface area contributed by atoms with Gasteiger partial charge in [0.15, 0.2) is 5.11 Å². The van der Waals surface area contributed by atoms with E-state index in [1.54, 1.807) is 31.2 Å². The minimum Gasteiger partial charge on any atom is -0.507 e. The summed E-state index contributed by atoms with van der Waals surface area (Å²) in [6.45, 7) is 1.80. The lowest BCUT2D eigenvalue weighted by molar-refractivity contribution is -0.117. The van der Waals surface area contributed by atoms with Gasteiger partial charge in [0.2, 0.25) is 0 Å². The Morgan fingerprint density at radius 1 is 1.21 bits per heavy atom. The number of para-hydroxylation sites is 1. The van der Waals surface area contributed by atoms with Crippen LogP contribution < -0.4 is 21.0 Å². The van der Waals surface area contributed by atoms with Gasteiger partial charge in [0.05, 0.1) is 17.8 Å². The molecule has 1 unspecified atom stereocenters. The zero-order chi connectivity index (χ0) is 21.0. The van der Waals surface area contributed by atoms with E-state index in [2.05, 4.69) is 21.2 Å². The zero-order valence-corrected chi connectivity index (χ0v) is 17.2. The van der Waals surface area contributed by atoms with Crippen LogP contribution in [-0.4, -0.2) is 36.4 Å². The number of nitrogens with one attached hydrogen (secondary N) is 3. The van der Waals surface area contributed by atoms with Gasteiger partial charge in [0.1, 0.15) is 5.75 Å². The van der Waals surface area contributed by atoms with Crippen molar-refractivity contribution in [2.45, 2.75) is 13.0 Å². The van der Waals surface area contributed by atoms with E-state index in [9.17, 15) is 9.90 Å². The normalized spacial score (nSPS) is 16.4. The SMILES string of the molecule is CC1=C(C(=O)N/N=C/c2ccccc2O)C(c2ccc(N(C)C)cc2)NC(=S)N1. The van der Waals surface area contributed by atoms with Crippen LogP contribution in [0.1, 0.15) is 24.1 Å². The summed E-state index contributed by atoms with van der Waals surface area (Å²) in [5, 5.41) is 20.4. The average Bonchev–Trinajstić information content (AvgIpc) is 2.68. The van der Waals surface area contributed by atoms with Gasteiger partial charge in [-0.2, -0.15) is 5.10 Å². The van der Waals surface area contributed by atoms with Crippen molar-refractivity contribution in [3.8, 4) is 5.75 Å². The number of rotatable bonds is 5. The molecular weight excluding hydrogens is 386 g/mol. The van der Waals surface area contributed by atoms with Crippen LogP contribution in [0.15, 0.2) is 64.9 Å². The third kappa shape index (κ3) is 4.72. The molecule has 0 saturated carbocycles. The van der Waals surface area contributed by atoms with Crippen LogP contribution >= 0.6 is 12.2 Å². The number of allylic oxidation sites excluding steroid dienone is 1. The second kappa shape index (κ2) is 8.74. The number of carbonyl (C=O) groups excluding carboxylic acids is 1. The quantitative estimate of drug-likeness (QED) is 0.345. The first-order chi connectivity index (χ1) is 13.9. The number of amides is 1. The molecule has 150 valence electrons. The molecule has 29 heavy (non-hydrogen) atoms. The van der Waals surface area contributed by atoms with Crippen LogP contribution in [0.5, 0.6) is 5.75 Å². The molecule has 0 saturated heterocycles. The molecule has 1 aliphatic rings. The van der Waals surface area contributed by atoms with E-state index in [1.165, 1.54) is 6.21 Å². The third-order valence-corrected chi connectivity index (χ3v) is 4.78. The molecule has 2 aromatic rings. The van der Waals surface area contributed by atoms with Gasteiger partial charge in [-0.3, -0.25) is 4.79 Å². The summed E-state index contributed by atoms with van der Waals surface area (Å²) < 4.78 is 0. The van der Waals surface area contributed by atoms with Crippen molar-refractivity contribution in [2.75, 3.05) is 19.0 Å². The largest absolute Gasteiger partial charge is 0.507 e. The van der Waals surface area contributed by atoms with Crippen molar-refractivity contribution in [3.05, 3.63) is 70.9 Å². The fourth-order valence-electron chi connectivity index (χ4n) is 3.03. The fraction of sp³-hybridized carbons (Fsp3) is 0.190. The number of benzene rings is 2. The Kier molecular flexibility index (Phi) is 6.13. The molecule has 4 N–H and O–H groups in total. The summed E-state index contributed by atoms with van der Waals surface area (Å²) in [6, 6.07) is 14.3. The van der Waals surface area contributed by atoms with Crippen molar-refractivity contribution >= 4 is 35.1 Å². The number of hydrogen-bond donors (Lipinski definition) is 4. The number of hydrazone groups is 1. The second-order valence-corrected chi connectivity index (χ2v) is 7.22. The van der Waals surface area contributed by atoms with Crippen LogP contribution in [0.25, 0.3) is 0 Å². The van der Waals surface area contributed by atoms with Gasteiger partial charge >= 0.3 is 0 Å². The zero-order valence-electron chi connectivity index (χ0n) is 16.4. The molecule has 1 heterocycles. The summed E-state index contributed by atoms with van der Waals surface area (Å²) in [7, 11) is 3.94. The minimum atomic E-state index is -0.403. The number of phenolic OH excluding ortho intramolecular Hbond substituents is 1. The lowest BCUT2D eigenvalue weighted by Gasteiger charge is -2.30. The molecule has 1 aliphatic heterocycles. The van der Waals surface area contributed by atoms with Gasteiger partial charge < -0.3 is 20.6 Å². The van der Waals surface area contributed by atoms with Crippen molar-refractivity contribution in [1.82, 2.24) is 16.1 Å². The van der Waals surface area contributed by atoms with Crippen molar-refractivity contribution in [1.29, 1.82) is 0 Å². The summed E-state index contributed by atoms with van der Waals surface area (Å²) >= 11 is 5.28. The first-order valence-corrected chi connectivity index (χ1v) is 9.44. The topological polar surface area (TPSA) is 89.0 Å². The van der Waals surface area contributed by atoms with Crippen LogP contribution in [0.4, 0.5) is 5.69 Å². The monoisotopic (exact) mass is 409 g/mol. The smallest absolute Gasteiger partial charge is 0.271 e. The number of aromatic hydroxyl groups is 1. The number of nitrogens with zero attached hydrogens (tertiary/aromatic N) is 2. The highest BCUT2D eigenvalue weighted by atomic mass is 32.1. The van der Waals surface area contributed by atoms with Gasteiger partial charge in [0, 0.05) is 31.0 Å². The van der Waals surface area contributed by atoms with E-state index in [0.717, 1.165) is 11.3 Å². The number of phenols is 1. The number of carbonyl (C=O) groups is 1. The molecule has 0 spiro atoms. The standard InChI is InChI=1S/C21H23N5O2S/c1-13-18(20(28)25-22-12-15-6-4-5-7-17(15)27)19(24-21(29)23-13)14-8-10-16(11-9-14)26(2)3/h4-12,19,27H,1-3H3,(H,25,28)(H2,23,24,29)/b22-12+. The van der Waals surface area contributed by atoms with Gasteiger partial charge in [-0.05, 0) is 49.0 Å². The fourth-order valence-corrected chi connectivity index (χ4v) is 3.30. The molecule has 0 radical (unpaired) electrons. The Labute approximate surface area is 175 Å². The molecule has 0 fully saturated rings. The highest BCUT2D eigenvalue weighted by Crippen LogP contribution is 2.28. The van der Waals surface area contributed by atoms with E-state index in [4.69, 9.17) is 12.2 Å². The van der Waals surface area contributed by atoms with E-state index < -0.39 is 6.04 Å². The molecule has 8 heteroatoms. The maximum absolute atomic E-state index is 12.9. The van der Waals surface area contributed by atoms with E-state index in [0.29, 0.717) is 21.9 Å². The molecule has 7 nitrogen and oxygen atoms in total. The van der Waals surface area contributed by atoms with Crippen molar-refractivity contribution in [3.63, 3.8) is 0 Å². The lowest BCUT2D eigenvalue weighted by Crippen LogP contribution is -2.46. The Hall–Kier alpha value is -3.39. The van der Waals surface area contributed by atoms with Crippen molar-refractivity contribution < 1.29 is 9.90 Å². The van der Waals surface area contributed by atoms with Gasteiger partial charge in [-0.1, -0.05) is 24.3 Å². The lowest BCUT2D eigenvalue weighted by atomic mass is 9.95. The van der Waals surface area contributed by atoms with Gasteiger partial charge in [0.25, 0.3) is 5.91 Å². The molecule has 2 aromatic carbocycles. The van der Waals surface area contributed by atoms with E-state index >= 15 is 0 Å². The summed E-state index contributed by atoms with van der Waals surface area (Å²) in [4.78, 5) is 14.9.